The summed E-state index contributed by atoms with van der Waals surface area (Å²) in [6.07, 6.45) is 4.46. The molecule has 0 unspecified atom stereocenters. The Morgan fingerprint density at radius 2 is 2.16 bits per heavy atom. The molecular weight excluding hydrogens is 312 g/mol. The third-order valence-electron chi connectivity index (χ3n) is 8.64. The Morgan fingerprint density at radius 1 is 1.24 bits per heavy atom. The van der Waals surface area contributed by atoms with Crippen molar-refractivity contribution >= 4 is 11.6 Å². The molecule has 1 spiro atoms. The van der Waals surface area contributed by atoms with Crippen molar-refractivity contribution in [2.45, 2.75) is 49.3 Å². The van der Waals surface area contributed by atoms with Crippen molar-refractivity contribution in [3.05, 3.63) is 29.8 Å². The molecule has 0 N–H and O–H groups in total. The van der Waals surface area contributed by atoms with E-state index in [1.54, 1.807) is 0 Å². The van der Waals surface area contributed by atoms with Gasteiger partial charge in [-0.2, -0.15) is 0 Å². The second kappa shape index (κ2) is 4.29. The minimum absolute atomic E-state index is 0.156. The maximum absolute atomic E-state index is 13.2. The minimum Gasteiger partial charge on any atom is -0.377 e. The van der Waals surface area contributed by atoms with Crippen molar-refractivity contribution in [2.24, 2.45) is 17.8 Å². The number of ether oxygens (including phenoxy) is 1. The van der Waals surface area contributed by atoms with Gasteiger partial charge in [0, 0.05) is 36.2 Å². The Balaban J connectivity index is 1.53. The van der Waals surface area contributed by atoms with Crippen molar-refractivity contribution in [2.75, 3.05) is 24.6 Å². The maximum atomic E-state index is 13.2. The number of hydrogen-bond acceptors (Lipinski definition) is 3. The predicted molar refractivity (Wildman–Crippen MR) is 93.4 cm³/mol. The molecule has 1 aliphatic carbocycles. The van der Waals surface area contributed by atoms with E-state index in [9.17, 15) is 4.79 Å². The van der Waals surface area contributed by atoms with Gasteiger partial charge < -0.3 is 9.64 Å². The third-order valence-corrected chi connectivity index (χ3v) is 8.64. The molecule has 130 valence electrons. The average Bonchev–Trinajstić information content (AvgIpc) is 3.10. The van der Waals surface area contributed by atoms with Gasteiger partial charge in [-0.1, -0.05) is 18.2 Å². The van der Waals surface area contributed by atoms with Gasteiger partial charge in [-0.15, -0.1) is 0 Å². The molecule has 5 fully saturated rings. The third kappa shape index (κ3) is 1.37. The lowest BCUT2D eigenvalue weighted by Crippen LogP contribution is -2.70. The summed E-state index contributed by atoms with van der Waals surface area (Å²) < 4.78 is 6.33. The molecule has 4 heteroatoms. The quantitative estimate of drug-likeness (QED) is 0.728. The molecule has 1 aromatic carbocycles. The van der Waals surface area contributed by atoms with E-state index in [0.717, 1.165) is 18.4 Å². The van der Waals surface area contributed by atoms with Gasteiger partial charge in [0.15, 0.2) is 0 Å². The molecule has 2 bridgehead atoms. The van der Waals surface area contributed by atoms with Crippen LogP contribution in [-0.4, -0.2) is 48.7 Å². The first kappa shape index (κ1) is 13.8. The van der Waals surface area contributed by atoms with Gasteiger partial charge in [0.25, 0.3) is 0 Å². The highest BCUT2D eigenvalue weighted by Gasteiger charge is 2.71. The zero-order chi connectivity index (χ0) is 16.3. The predicted octanol–water partition coefficient (Wildman–Crippen LogP) is 2.17. The maximum Gasteiger partial charge on any atom is 0.229 e. The normalized spacial score (nSPS) is 49.1. The van der Waals surface area contributed by atoms with E-state index in [-0.39, 0.29) is 11.5 Å². The van der Waals surface area contributed by atoms with E-state index in [4.69, 9.17) is 4.74 Å². The summed E-state index contributed by atoms with van der Waals surface area (Å²) in [5, 5.41) is 0. The van der Waals surface area contributed by atoms with Gasteiger partial charge in [-0.05, 0) is 49.3 Å². The van der Waals surface area contributed by atoms with Gasteiger partial charge in [0.1, 0.15) is 0 Å². The van der Waals surface area contributed by atoms with Crippen LogP contribution in [0.5, 0.6) is 0 Å². The molecule has 5 aliphatic heterocycles. The highest BCUT2D eigenvalue weighted by molar-refractivity contribution is 5.99. The lowest BCUT2D eigenvalue weighted by molar-refractivity contribution is -0.134. The van der Waals surface area contributed by atoms with Crippen LogP contribution < -0.4 is 4.90 Å². The number of carbonyl (C=O) groups excluding carboxylic acids is 1. The Hall–Kier alpha value is -1.39. The van der Waals surface area contributed by atoms with Gasteiger partial charge in [-0.25, -0.2) is 0 Å². The Morgan fingerprint density at radius 3 is 3.12 bits per heavy atom. The first-order valence-corrected chi connectivity index (χ1v) is 10.1. The lowest BCUT2D eigenvalue weighted by atomic mass is 9.52. The summed E-state index contributed by atoms with van der Waals surface area (Å²) in [5.74, 6) is 2.34. The van der Waals surface area contributed by atoms with Crippen LogP contribution in [0.2, 0.25) is 0 Å². The van der Waals surface area contributed by atoms with Gasteiger partial charge in [-0.3, -0.25) is 9.69 Å². The number of carbonyl (C=O) groups is 1. The summed E-state index contributed by atoms with van der Waals surface area (Å²) in [6.45, 7) is 3.31. The molecule has 5 heterocycles. The van der Waals surface area contributed by atoms with Crippen molar-refractivity contribution in [3.8, 4) is 0 Å². The summed E-state index contributed by atoms with van der Waals surface area (Å²) >= 11 is 0. The van der Waals surface area contributed by atoms with Crippen LogP contribution in [-0.2, 0) is 14.9 Å². The number of para-hydroxylation sites is 1. The molecule has 25 heavy (non-hydrogen) atoms. The van der Waals surface area contributed by atoms with Crippen LogP contribution in [0, 0.1) is 17.8 Å². The topological polar surface area (TPSA) is 32.8 Å². The molecule has 6 aliphatic rings. The van der Waals surface area contributed by atoms with Crippen LogP contribution in [0.25, 0.3) is 0 Å². The minimum atomic E-state index is 0.156. The number of benzene rings is 1. The first-order valence-electron chi connectivity index (χ1n) is 10.1. The van der Waals surface area contributed by atoms with Crippen LogP contribution in [0.15, 0.2) is 24.3 Å². The zero-order valence-electron chi connectivity index (χ0n) is 14.4. The molecule has 1 amide bonds. The van der Waals surface area contributed by atoms with Crippen molar-refractivity contribution in [1.82, 2.24) is 4.90 Å². The SMILES string of the molecule is O=C1C[C@@H]2OCC[C@@H]3CN4CC[C@]56c7ccccc7N1[C@H]5[C@H]2[C@H]3C[C@@H]46. The molecule has 1 aromatic rings. The van der Waals surface area contributed by atoms with Crippen molar-refractivity contribution in [1.29, 1.82) is 0 Å². The van der Waals surface area contributed by atoms with E-state index in [1.807, 2.05) is 0 Å². The monoisotopic (exact) mass is 336 g/mol. The van der Waals surface area contributed by atoms with Crippen molar-refractivity contribution < 1.29 is 9.53 Å². The van der Waals surface area contributed by atoms with Crippen LogP contribution >= 0.6 is 0 Å². The van der Waals surface area contributed by atoms with E-state index in [0.29, 0.717) is 30.3 Å². The molecule has 7 atom stereocenters. The van der Waals surface area contributed by atoms with Gasteiger partial charge in [0.2, 0.25) is 5.91 Å². The second-order valence-electron chi connectivity index (χ2n) is 9.17. The standard InChI is InChI=1S/C21H24N2O2/c24-18-10-16-19-13-9-17-21(6-7-22(17)11-12(13)5-8-25-16)14-3-1-2-4-15(14)23(18)20(19)21/h1-4,12-13,16-17,19-20H,5-11H2/t12-,13+,16+,17-,19+,20+,21-/m1/s1. The summed E-state index contributed by atoms with van der Waals surface area (Å²) in [4.78, 5) is 18.2. The van der Waals surface area contributed by atoms with E-state index < -0.39 is 0 Å². The highest BCUT2D eigenvalue weighted by atomic mass is 16.5. The lowest BCUT2D eigenvalue weighted by Gasteiger charge is -2.59. The number of nitrogens with zero attached hydrogens (tertiary/aromatic N) is 2. The largest absolute Gasteiger partial charge is 0.377 e. The molecule has 1 saturated carbocycles. The Bertz CT molecular complexity index is 794. The Kier molecular flexibility index (Phi) is 2.36. The fraction of sp³-hybridized carbons (Fsp3) is 0.667. The van der Waals surface area contributed by atoms with Gasteiger partial charge in [0.05, 0.1) is 18.6 Å². The van der Waals surface area contributed by atoms with Gasteiger partial charge >= 0.3 is 0 Å². The molecule has 4 saturated heterocycles. The molecule has 0 radical (unpaired) electrons. The number of piperidine rings is 2. The van der Waals surface area contributed by atoms with Crippen molar-refractivity contribution in [3.63, 3.8) is 0 Å². The van der Waals surface area contributed by atoms with Crippen LogP contribution in [0.3, 0.4) is 0 Å². The summed E-state index contributed by atoms with van der Waals surface area (Å²) in [5.41, 5.74) is 2.83. The molecule has 4 nitrogen and oxygen atoms in total. The van der Waals surface area contributed by atoms with E-state index in [1.165, 1.54) is 43.6 Å². The summed E-state index contributed by atoms with van der Waals surface area (Å²) in [7, 11) is 0. The van der Waals surface area contributed by atoms with Crippen LogP contribution in [0.1, 0.15) is 31.2 Å². The van der Waals surface area contributed by atoms with Crippen LogP contribution in [0.4, 0.5) is 5.69 Å². The molecular formula is C21H24N2O2. The first-order chi connectivity index (χ1) is 12.3. The molecule has 7 rings (SSSR count). The smallest absolute Gasteiger partial charge is 0.229 e. The van der Waals surface area contributed by atoms with E-state index in [2.05, 4.69) is 34.1 Å². The zero-order valence-corrected chi connectivity index (χ0v) is 14.4. The van der Waals surface area contributed by atoms with E-state index >= 15 is 0 Å². The number of fused-ring (bicyclic) bond motifs is 2. The fourth-order valence-corrected chi connectivity index (χ4v) is 7.96. The number of anilines is 1. The fourth-order valence-electron chi connectivity index (χ4n) is 7.96. The second-order valence-corrected chi connectivity index (χ2v) is 9.17. The number of rotatable bonds is 0. The molecule has 0 aromatic heterocycles. The average molecular weight is 336 g/mol. The summed E-state index contributed by atoms with van der Waals surface area (Å²) in [6, 6.07) is 9.78. The number of hydrogen-bond donors (Lipinski definition) is 0. The highest BCUT2D eigenvalue weighted by Crippen LogP contribution is 2.66. The Labute approximate surface area is 148 Å². The number of amides is 1.